The van der Waals surface area contributed by atoms with Crippen LogP contribution in [0.5, 0.6) is 0 Å². The fraction of sp³-hybridized carbons (Fsp3) is 1.00. The van der Waals surface area contributed by atoms with Gasteiger partial charge in [0.2, 0.25) is 0 Å². The summed E-state index contributed by atoms with van der Waals surface area (Å²) in [4.78, 5) is 0. The summed E-state index contributed by atoms with van der Waals surface area (Å²) in [5.74, 6) is -6.67. The monoisotopic (exact) mass is 246 g/mol. The summed E-state index contributed by atoms with van der Waals surface area (Å²) in [5, 5.41) is -4.26. The Morgan fingerprint density at radius 2 is 1.54 bits per heavy atom. The molecule has 0 aliphatic rings. The summed E-state index contributed by atoms with van der Waals surface area (Å²) in [6, 6.07) is 0. The van der Waals surface area contributed by atoms with Crippen LogP contribution in [0.15, 0.2) is 0 Å². The van der Waals surface area contributed by atoms with Gasteiger partial charge in [0.25, 0.3) is 5.92 Å². The fourth-order valence-corrected chi connectivity index (χ4v) is 1.40. The minimum absolute atomic E-state index is 2.22. The molecule has 0 aromatic carbocycles. The van der Waals surface area contributed by atoms with Gasteiger partial charge in [-0.05, 0) is 11.6 Å². The van der Waals surface area contributed by atoms with Crippen LogP contribution < -0.4 is 0 Å². The van der Waals surface area contributed by atoms with Gasteiger partial charge in [0.15, 0.2) is 0 Å². The molecule has 0 atom stereocenters. The summed E-state index contributed by atoms with van der Waals surface area (Å²) in [5.41, 5.74) is 0. The highest BCUT2D eigenvalue weighted by molar-refractivity contribution is 7.86. The molecule has 0 spiro atoms. The van der Waals surface area contributed by atoms with Crippen molar-refractivity contribution < 1.29 is 29.9 Å². The highest BCUT2D eigenvalue weighted by Crippen LogP contribution is 2.34. The molecule has 0 saturated carbocycles. The normalized spacial score (nSPS) is 14.6. The number of alkyl halides is 5. The molecule has 9 heteroatoms. The summed E-state index contributed by atoms with van der Waals surface area (Å²) >= 11 is 4.12. The van der Waals surface area contributed by atoms with Crippen molar-refractivity contribution in [2.24, 2.45) is 0 Å². The molecular weight excluding hydrogens is 243 g/mol. The lowest BCUT2D eigenvalue weighted by Gasteiger charge is -2.16. The van der Waals surface area contributed by atoms with Crippen LogP contribution in [-0.4, -0.2) is 25.5 Å². The Bertz CT molecular complexity index is 269. The molecule has 0 radical (unpaired) electrons. The van der Waals surface area contributed by atoms with E-state index in [0.717, 1.165) is 0 Å². The largest absolute Gasteiger partial charge is 0.327 e. The third-order valence-electron chi connectivity index (χ3n) is 0.843. The third kappa shape index (κ3) is 8.23. The van der Waals surface area contributed by atoms with Crippen molar-refractivity contribution in [2.45, 2.75) is 17.7 Å². The Labute approximate surface area is 75.9 Å². The molecule has 0 aliphatic heterocycles. The first-order valence-corrected chi connectivity index (χ1v) is 4.71. The molecule has 0 fully saturated rings. The lowest BCUT2D eigenvalue weighted by Crippen LogP contribution is -2.31. The lowest BCUT2D eigenvalue weighted by molar-refractivity contribution is -0.0544. The van der Waals surface area contributed by atoms with Crippen molar-refractivity contribution in [3.8, 4) is 0 Å². The zero-order valence-electron chi connectivity index (χ0n) is 5.91. The molecule has 13 heavy (non-hydrogen) atoms. The average Bonchev–Trinajstić information content (AvgIpc) is 1.43. The van der Waals surface area contributed by atoms with Gasteiger partial charge in [-0.2, -0.15) is 17.2 Å². The zero-order chi connectivity index (χ0) is 10.9. The highest BCUT2D eigenvalue weighted by Gasteiger charge is 2.45. The van der Waals surface area contributed by atoms with Gasteiger partial charge in [-0.25, -0.2) is 8.78 Å². The second kappa shape index (κ2) is 3.56. The Balaban J connectivity index is 4.43. The van der Waals surface area contributed by atoms with Crippen LogP contribution >= 0.6 is 11.6 Å². The van der Waals surface area contributed by atoms with Gasteiger partial charge in [0, 0.05) is 0 Å². The van der Waals surface area contributed by atoms with Gasteiger partial charge in [-0.3, -0.25) is 0 Å². The van der Waals surface area contributed by atoms with E-state index in [0.29, 0.717) is 0 Å². The predicted molar refractivity (Wildman–Crippen MR) is 35.3 cm³/mol. The first-order valence-electron chi connectivity index (χ1n) is 2.78. The quantitative estimate of drug-likeness (QED) is 0.433. The van der Waals surface area contributed by atoms with Crippen LogP contribution in [0.25, 0.3) is 0 Å². The van der Waals surface area contributed by atoms with E-state index in [4.69, 9.17) is 0 Å². The van der Waals surface area contributed by atoms with Crippen LogP contribution in [-0.2, 0) is 10.2 Å². The Kier molecular flexibility index (Phi) is 3.53. The van der Waals surface area contributed by atoms with Crippen LogP contribution in [0.1, 0.15) is 6.42 Å². The molecule has 0 bridgehead atoms. The molecular formula is C4H4ClF5O2S. The summed E-state index contributed by atoms with van der Waals surface area (Å²) < 4.78 is 79.0. The van der Waals surface area contributed by atoms with E-state index < -0.39 is 33.7 Å². The Morgan fingerprint density at radius 1 is 1.15 bits per heavy atom. The van der Waals surface area contributed by atoms with E-state index in [9.17, 15) is 29.9 Å². The van der Waals surface area contributed by atoms with Gasteiger partial charge in [-0.15, -0.1) is 3.89 Å². The number of hydrogen-bond acceptors (Lipinski definition) is 2. The maximum absolute atomic E-state index is 12.2. The summed E-state index contributed by atoms with van der Waals surface area (Å²) in [6.07, 6.45) is -2.22. The lowest BCUT2D eigenvalue weighted by atomic mass is 10.3. The van der Waals surface area contributed by atoms with Crippen molar-refractivity contribution in [2.75, 3.05) is 5.75 Å². The SMILES string of the molecule is O=S(=O)(F)CC(F)(F)CC(F)(F)Cl. The van der Waals surface area contributed by atoms with Crippen molar-refractivity contribution in [1.82, 2.24) is 0 Å². The molecule has 0 amide bonds. The smallest absolute Gasteiger partial charge is 0.205 e. The van der Waals surface area contributed by atoms with E-state index >= 15 is 0 Å². The second-order valence-electron chi connectivity index (χ2n) is 2.33. The predicted octanol–water partition coefficient (Wildman–Crippen LogP) is 2.14. The number of halogens is 6. The first-order chi connectivity index (χ1) is 5.41. The number of rotatable bonds is 4. The molecule has 0 rings (SSSR count). The van der Waals surface area contributed by atoms with E-state index in [1.807, 2.05) is 0 Å². The van der Waals surface area contributed by atoms with Crippen LogP contribution in [0.4, 0.5) is 21.4 Å². The number of hydrogen-bond donors (Lipinski definition) is 0. The molecule has 0 aliphatic carbocycles. The van der Waals surface area contributed by atoms with Gasteiger partial charge >= 0.3 is 15.6 Å². The Morgan fingerprint density at radius 3 is 1.77 bits per heavy atom. The molecule has 2 nitrogen and oxygen atoms in total. The molecule has 0 heterocycles. The standard InChI is InChI=1S/C4H4ClF5O2S/c5-4(8,9)1-3(6,7)2-13(10,11)12/h1-2H2. The maximum Gasteiger partial charge on any atom is 0.327 e. The summed E-state index contributed by atoms with van der Waals surface area (Å²) in [6.45, 7) is 0. The molecule has 0 aromatic rings. The van der Waals surface area contributed by atoms with E-state index in [1.54, 1.807) is 0 Å². The molecule has 0 aromatic heterocycles. The van der Waals surface area contributed by atoms with Gasteiger partial charge in [0.1, 0.15) is 5.75 Å². The van der Waals surface area contributed by atoms with E-state index in [2.05, 4.69) is 11.6 Å². The third-order valence-corrected chi connectivity index (χ3v) is 1.74. The zero-order valence-corrected chi connectivity index (χ0v) is 7.48. The van der Waals surface area contributed by atoms with Crippen molar-refractivity contribution in [3.05, 3.63) is 0 Å². The van der Waals surface area contributed by atoms with Crippen molar-refractivity contribution in [3.63, 3.8) is 0 Å². The van der Waals surface area contributed by atoms with Crippen molar-refractivity contribution >= 4 is 21.8 Å². The average molecular weight is 247 g/mol. The van der Waals surface area contributed by atoms with Crippen LogP contribution in [0.2, 0.25) is 0 Å². The van der Waals surface area contributed by atoms with Gasteiger partial charge in [0.05, 0.1) is 6.42 Å². The maximum atomic E-state index is 12.2. The first kappa shape index (κ1) is 12.9. The Hall–Kier alpha value is -0.110. The van der Waals surface area contributed by atoms with Gasteiger partial charge < -0.3 is 0 Å². The van der Waals surface area contributed by atoms with Gasteiger partial charge in [-0.1, -0.05) is 0 Å². The second-order valence-corrected chi connectivity index (χ2v) is 4.25. The fourth-order valence-electron chi connectivity index (χ4n) is 0.597. The van der Waals surface area contributed by atoms with E-state index in [1.165, 1.54) is 0 Å². The minimum atomic E-state index is -5.50. The van der Waals surface area contributed by atoms with E-state index in [-0.39, 0.29) is 0 Å². The highest BCUT2D eigenvalue weighted by atomic mass is 35.5. The van der Waals surface area contributed by atoms with Crippen LogP contribution in [0.3, 0.4) is 0 Å². The molecule has 0 saturated heterocycles. The van der Waals surface area contributed by atoms with Crippen LogP contribution in [0, 0.1) is 0 Å². The topological polar surface area (TPSA) is 34.1 Å². The minimum Gasteiger partial charge on any atom is -0.205 e. The molecule has 80 valence electrons. The molecule has 0 N–H and O–H groups in total. The van der Waals surface area contributed by atoms with Crippen molar-refractivity contribution in [1.29, 1.82) is 0 Å². The summed E-state index contributed by atoms with van der Waals surface area (Å²) in [7, 11) is -5.50. The molecule has 0 unspecified atom stereocenters.